The van der Waals surface area contributed by atoms with Gasteiger partial charge in [-0.05, 0) is 6.42 Å². The standard InChI is InChI=1S/C10H21ClO/c1-2-3-4-5-6-7-8-10(12)9-11/h10,12H,2-9H2,1H3/t10-/m1/s1. The lowest BCUT2D eigenvalue weighted by atomic mass is 10.1. The molecule has 0 unspecified atom stereocenters. The van der Waals surface area contributed by atoms with Crippen LogP contribution in [0.15, 0.2) is 0 Å². The quantitative estimate of drug-likeness (QED) is 0.462. The van der Waals surface area contributed by atoms with E-state index in [0.29, 0.717) is 5.88 Å². The fourth-order valence-electron chi connectivity index (χ4n) is 1.24. The first-order valence-corrected chi connectivity index (χ1v) is 5.58. The molecule has 0 aromatic heterocycles. The Bertz CT molecular complexity index is 85.9. The van der Waals surface area contributed by atoms with E-state index in [-0.39, 0.29) is 6.10 Å². The van der Waals surface area contributed by atoms with Crippen LogP contribution in [0.3, 0.4) is 0 Å². The number of aliphatic hydroxyl groups excluding tert-OH is 1. The molecule has 0 saturated heterocycles. The minimum absolute atomic E-state index is 0.280. The molecule has 0 rings (SSSR count). The van der Waals surface area contributed by atoms with Gasteiger partial charge in [0.1, 0.15) is 0 Å². The molecule has 2 heteroatoms. The number of aliphatic hydroxyl groups is 1. The molecule has 1 atom stereocenters. The van der Waals surface area contributed by atoms with E-state index >= 15 is 0 Å². The second kappa shape index (κ2) is 9.34. The summed E-state index contributed by atoms with van der Waals surface area (Å²) in [6, 6.07) is 0. The zero-order valence-electron chi connectivity index (χ0n) is 8.06. The minimum Gasteiger partial charge on any atom is -0.392 e. The van der Waals surface area contributed by atoms with Crippen molar-refractivity contribution < 1.29 is 5.11 Å². The molecule has 0 spiro atoms. The monoisotopic (exact) mass is 192 g/mol. The lowest BCUT2D eigenvalue weighted by Crippen LogP contribution is -2.07. The molecular weight excluding hydrogens is 172 g/mol. The van der Waals surface area contributed by atoms with E-state index in [1.807, 2.05) is 0 Å². The summed E-state index contributed by atoms with van der Waals surface area (Å²) in [6.45, 7) is 2.22. The number of hydrogen-bond acceptors (Lipinski definition) is 1. The van der Waals surface area contributed by atoms with Crippen molar-refractivity contribution in [1.29, 1.82) is 0 Å². The second-order valence-corrected chi connectivity index (χ2v) is 3.67. The van der Waals surface area contributed by atoms with Crippen LogP contribution >= 0.6 is 11.6 Å². The van der Waals surface area contributed by atoms with Gasteiger partial charge in [0, 0.05) is 5.88 Å². The predicted molar refractivity (Wildman–Crippen MR) is 54.7 cm³/mol. The van der Waals surface area contributed by atoms with E-state index in [9.17, 15) is 0 Å². The van der Waals surface area contributed by atoms with Gasteiger partial charge in [-0.15, -0.1) is 11.6 Å². The smallest absolute Gasteiger partial charge is 0.0675 e. The Morgan fingerprint density at radius 3 is 2.25 bits per heavy atom. The Balaban J connectivity index is 2.90. The Kier molecular flexibility index (Phi) is 9.53. The normalized spacial score (nSPS) is 13.2. The predicted octanol–water partition coefficient (Wildman–Crippen LogP) is 3.34. The van der Waals surface area contributed by atoms with Crippen LogP contribution in [0, 0.1) is 0 Å². The maximum absolute atomic E-state index is 9.13. The first-order chi connectivity index (χ1) is 5.81. The van der Waals surface area contributed by atoms with Gasteiger partial charge in [0.25, 0.3) is 0 Å². The first-order valence-electron chi connectivity index (χ1n) is 5.05. The molecule has 12 heavy (non-hydrogen) atoms. The summed E-state index contributed by atoms with van der Waals surface area (Å²) in [4.78, 5) is 0. The third-order valence-electron chi connectivity index (χ3n) is 2.07. The van der Waals surface area contributed by atoms with E-state index < -0.39 is 0 Å². The van der Waals surface area contributed by atoms with Gasteiger partial charge in [-0.25, -0.2) is 0 Å². The average molecular weight is 193 g/mol. The topological polar surface area (TPSA) is 20.2 Å². The van der Waals surface area contributed by atoms with Crippen LogP contribution in [-0.2, 0) is 0 Å². The van der Waals surface area contributed by atoms with Gasteiger partial charge in [0.15, 0.2) is 0 Å². The molecule has 0 aliphatic carbocycles. The molecule has 0 amide bonds. The van der Waals surface area contributed by atoms with Crippen LogP contribution in [0.4, 0.5) is 0 Å². The van der Waals surface area contributed by atoms with Crippen LogP contribution in [0.1, 0.15) is 51.9 Å². The molecule has 0 aromatic rings. The van der Waals surface area contributed by atoms with Crippen LogP contribution < -0.4 is 0 Å². The van der Waals surface area contributed by atoms with Gasteiger partial charge in [-0.3, -0.25) is 0 Å². The summed E-state index contributed by atoms with van der Waals surface area (Å²) in [5, 5.41) is 9.13. The van der Waals surface area contributed by atoms with Gasteiger partial charge in [-0.2, -0.15) is 0 Å². The maximum atomic E-state index is 9.13. The summed E-state index contributed by atoms with van der Waals surface area (Å²) in [5.74, 6) is 0.384. The average Bonchev–Trinajstić information content (AvgIpc) is 2.10. The molecule has 0 aliphatic heterocycles. The van der Waals surface area contributed by atoms with Crippen molar-refractivity contribution in [3.63, 3.8) is 0 Å². The Morgan fingerprint density at radius 1 is 1.08 bits per heavy atom. The molecule has 1 N–H and O–H groups in total. The Morgan fingerprint density at radius 2 is 1.67 bits per heavy atom. The summed E-state index contributed by atoms with van der Waals surface area (Å²) < 4.78 is 0. The number of alkyl halides is 1. The number of unbranched alkanes of at least 4 members (excludes halogenated alkanes) is 5. The Labute approximate surface area is 81.1 Å². The van der Waals surface area contributed by atoms with Crippen molar-refractivity contribution in [2.75, 3.05) is 5.88 Å². The van der Waals surface area contributed by atoms with Crippen molar-refractivity contribution in [3.8, 4) is 0 Å². The van der Waals surface area contributed by atoms with Crippen molar-refractivity contribution in [3.05, 3.63) is 0 Å². The largest absolute Gasteiger partial charge is 0.392 e. The first kappa shape index (κ1) is 12.2. The SMILES string of the molecule is CCCCCCCC[C@@H](O)CCl. The summed E-state index contributed by atoms with van der Waals surface area (Å²) in [7, 11) is 0. The highest BCUT2D eigenvalue weighted by Crippen LogP contribution is 2.08. The summed E-state index contributed by atoms with van der Waals surface area (Å²) in [5.41, 5.74) is 0. The van der Waals surface area contributed by atoms with Crippen molar-refractivity contribution in [1.82, 2.24) is 0 Å². The van der Waals surface area contributed by atoms with E-state index in [4.69, 9.17) is 16.7 Å². The molecule has 0 saturated carbocycles. The fourth-order valence-corrected chi connectivity index (χ4v) is 1.39. The highest BCUT2D eigenvalue weighted by molar-refractivity contribution is 6.18. The minimum atomic E-state index is -0.280. The summed E-state index contributed by atoms with van der Waals surface area (Å²) >= 11 is 5.46. The van der Waals surface area contributed by atoms with Crippen LogP contribution in [0.5, 0.6) is 0 Å². The molecule has 0 radical (unpaired) electrons. The highest BCUT2D eigenvalue weighted by Gasteiger charge is 2.00. The van der Waals surface area contributed by atoms with Gasteiger partial charge in [0.2, 0.25) is 0 Å². The zero-order chi connectivity index (χ0) is 9.23. The number of hydrogen-bond donors (Lipinski definition) is 1. The number of rotatable bonds is 8. The highest BCUT2D eigenvalue weighted by atomic mass is 35.5. The molecule has 0 bridgehead atoms. The Hall–Kier alpha value is 0.250. The second-order valence-electron chi connectivity index (χ2n) is 3.36. The van der Waals surface area contributed by atoms with Gasteiger partial charge < -0.3 is 5.11 Å². The molecule has 0 aromatic carbocycles. The molecule has 0 fully saturated rings. The summed E-state index contributed by atoms with van der Waals surface area (Å²) in [6.07, 6.45) is 8.25. The van der Waals surface area contributed by atoms with E-state index in [1.165, 1.54) is 32.1 Å². The zero-order valence-corrected chi connectivity index (χ0v) is 8.82. The lowest BCUT2D eigenvalue weighted by molar-refractivity contribution is 0.183. The van der Waals surface area contributed by atoms with E-state index in [0.717, 1.165) is 12.8 Å². The van der Waals surface area contributed by atoms with Crippen molar-refractivity contribution in [2.24, 2.45) is 0 Å². The van der Waals surface area contributed by atoms with Crippen molar-refractivity contribution in [2.45, 2.75) is 58.0 Å². The maximum Gasteiger partial charge on any atom is 0.0675 e. The lowest BCUT2D eigenvalue weighted by Gasteiger charge is -2.05. The number of halogens is 1. The van der Waals surface area contributed by atoms with Gasteiger partial charge in [0.05, 0.1) is 6.10 Å². The van der Waals surface area contributed by atoms with E-state index in [1.54, 1.807) is 0 Å². The molecule has 1 nitrogen and oxygen atoms in total. The molecular formula is C10H21ClO. The van der Waals surface area contributed by atoms with E-state index in [2.05, 4.69) is 6.92 Å². The van der Waals surface area contributed by atoms with Gasteiger partial charge in [-0.1, -0.05) is 45.4 Å². The molecule has 0 heterocycles. The molecule has 0 aliphatic rings. The van der Waals surface area contributed by atoms with Crippen LogP contribution in [0.2, 0.25) is 0 Å². The van der Waals surface area contributed by atoms with Gasteiger partial charge >= 0.3 is 0 Å². The van der Waals surface area contributed by atoms with Crippen molar-refractivity contribution >= 4 is 11.6 Å². The third-order valence-corrected chi connectivity index (χ3v) is 2.43. The fraction of sp³-hybridized carbons (Fsp3) is 1.00. The van der Waals surface area contributed by atoms with Crippen LogP contribution in [-0.4, -0.2) is 17.1 Å². The van der Waals surface area contributed by atoms with Crippen LogP contribution in [0.25, 0.3) is 0 Å². The third kappa shape index (κ3) is 8.35. The molecule has 74 valence electrons.